The predicted octanol–water partition coefficient (Wildman–Crippen LogP) is 4.70. The number of carbonyl (C=O) groups excluding carboxylic acids is 1. The van der Waals surface area contributed by atoms with Crippen molar-refractivity contribution in [2.24, 2.45) is 5.92 Å². The van der Waals surface area contributed by atoms with Crippen molar-refractivity contribution in [3.05, 3.63) is 21.4 Å². The van der Waals surface area contributed by atoms with Crippen molar-refractivity contribution in [2.45, 2.75) is 62.6 Å². The summed E-state index contributed by atoms with van der Waals surface area (Å²) in [7, 11) is 0. The van der Waals surface area contributed by atoms with Crippen molar-refractivity contribution in [1.29, 1.82) is 0 Å². The van der Waals surface area contributed by atoms with Gasteiger partial charge in [0, 0.05) is 16.2 Å². The maximum atomic E-state index is 12.4. The van der Waals surface area contributed by atoms with E-state index in [0.717, 1.165) is 17.8 Å². The first-order valence-electron chi connectivity index (χ1n) is 8.26. The fourth-order valence-corrected chi connectivity index (χ4v) is 5.54. The highest BCUT2D eigenvalue weighted by Crippen LogP contribution is 2.30. The number of alkyl halides is 1. The average Bonchev–Trinajstić information content (AvgIpc) is 2.76. The second kappa shape index (κ2) is 7.28. The largest absolute Gasteiger partial charge is 0.351 e. The molecular weight excluding hydrogens is 346 g/mol. The van der Waals surface area contributed by atoms with Crippen molar-refractivity contribution in [2.75, 3.05) is 6.54 Å². The Kier molecular flexibility index (Phi) is 5.38. The summed E-state index contributed by atoms with van der Waals surface area (Å²) in [5.41, 5.74) is 1.43. The number of amides is 1. The van der Waals surface area contributed by atoms with Crippen LogP contribution in [0.3, 0.4) is 0 Å². The number of hydrogen-bond donors (Lipinski definition) is 1. The maximum Gasteiger partial charge on any atom is 0.261 e. The molecule has 0 aliphatic heterocycles. The molecule has 2 nitrogen and oxygen atoms in total. The zero-order valence-corrected chi connectivity index (χ0v) is 14.9. The van der Waals surface area contributed by atoms with Gasteiger partial charge in [-0.1, -0.05) is 28.8 Å². The van der Waals surface area contributed by atoms with Gasteiger partial charge >= 0.3 is 0 Å². The van der Waals surface area contributed by atoms with Crippen LogP contribution >= 0.6 is 27.3 Å². The third-order valence-electron chi connectivity index (χ3n) is 4.74. The van der Waals surface area contributed by atoms with Crippen LogP contribution in [0.5, 0.6) is 0 Å². The van der Waals surface area contributed by atoms with E-state index in [9.17, 15) is 4.79 Å². The summed E-state index contributed by atoms with van der Waals surface area (Å²) < 4.78 is 0. The van der Waals surface area contributed by atoms with E-state index in [1.807, 2.05) is 0 Å². The monoisotopic (exact) mass is 369 g/mol. The van der Waals surface area contributed by atoms with Crippen LogP contribution in [0.2, 0.25) is 0 Å². The van der Waals surface area contributed by atoms with Crippen LogP contribution in [0.25, 0.3) is 0 Å². The minimum atomic E-state index is 0.143. The Morgan fingerprint density at radius 2 is 2.10 bits per heavy atom. The summed E-state index contributed by atoms with van der Waals surface area (Å²) in [6.45, 7) is 0.837. The van der Waals surface area contributed by atoms with Crippen LogP contribution in [0.1, 0.15) is 65.1 Å². The van der Waals surface area contributed by atoms with Crippen LogP contribution in [-0.2, 0) is 12.8 Å². The van der Waals surface area contributed by atoms with Crippen LogP contribution in [0.4, 0.5) is 0 Å². The smallest absolute Gasteiger partial charge is 0.261 e. The molecule has 1 N–H and O–H groups in total. The lowest BCUT2D eigenvalue weighted by Crippen LogP contribution is -2.31. The normalized spacial score (nSPS) is 26.0. The Morgan fingerprint density at radius 1 is 1.24 bits per heavy atom. The third-order valence-corrected chi connectivity index (χ3v) is 6.81. The Bertz CT molecular complexity index is 475. The first-order chi connectivity index (χ1) is 10.2. The molecule has 116 valence electrons. The molecule has 1 fully saturated rings. The molecule has 0 bridgehead atoms. The van der Waals surface area contributed by atoms with E-state index < -0.39 is 0 Å². The highest BCUT2D eigenvalue weighted by atomic mass is 79.9. The lowest BCUT2D eigenvalue weighted by atomic mass is 9.89. The van der Waals surface area contributed by atoms with E-state index in [1.165, 1.54) is 61.8 Å². The Balaban J connectivity index is 1.55. The number of halogens is 1. The van der Waals surface area contributed by atoms with Crippen molar-refractivity contribution in [3.63, 3.8) is 0 Å². The van der Waals surface area contributed by atoms with Crippen molar-refractivity contribution >= 4 is 33.2 Å². The van der Waals surface area contributed by atoms with Gasteiger partial charge in [-0.2, -0.15) is 0 Å². The minimum Gasteiger partial charge on any atom is -0.351 e. The third kappa shape index (κ3) is 4.10. The molecule has 2 aliphatic rings. The molecule has 4 heteroatoms. The lowest BCUT2D eigenvalue weighted by Gasteiger charge is -2.25. The molecule has 1 heterocycles. The second-order valence-corrected chi connectivity index (χ2v) is 8.89. The molecule has 2 aliphatic carbocycles. The van der Waals surface area contributed by atoms with Crippen LogP contribution in [-0.4, -0.2) is 17.3 Å². The fourth-order valence-electron chi connectivity index (χ4n) is 3.51. The summed E-state index contributed by atoms with van der Waals surface area (Å²) >= 11 is 5.44. The Labute approximate surface area is 139 Å². The number of hydrogen-bond acceptors (Lipinski definition) is 2. The molecule has 0 radical (unpaired) electrons. The molecule has 2 atom stereocenters. The molecule has 1 aromatic heterocycles. The van der Waals surface area contributed by atoms with E-state index in [0.29, 0.717) is 10.7 Å². The number of thiophene rings is 1. The van der Waals surface area contributed by atoms with Gasteiger partial charge in [0.25, 0.3) is 5.91 Å². The van der Waals surface area contributed by atoms with Crippen LogP contribution in [0.15, 0.2) is 6.07 Å². The standard InChI is InChI=1S/C17H24BrNOS/c18-14-7-4-5-12(9-14)11-19-17(20)16-10-13-6-2-1-3-8-15(13)21-16/h10,12,14H,1-9,11H2,(H,19,20). The summed E-state index contributed by atoms with van der Waals surface area (Å²) in [4.78, 5) is 15.4. The van der Waals surface area contributed by atoms with Gasteiger partial charge in [-0.05, 0) is 62.5 Å². The predicted molar refractivity (Wildman–Crippen MR) is 92.6 cm³/mol. The Morgan fingerprint density at radius 3 is 2.95 bits per heavy atom. The number of fused-ring (bicyclic) bond motifs is 1. The molecule has 2 unspecified atom stereocenters. The van der Waals surface area contributed by atoms with E-state index in [1.54, 1.807) is 11.3 Å². The van der Waals surface area contributed by atoms with Gasteiger partial charge in [0.05, 0.1) is 4.88 Å². The summed E-state index contributed by atoms with van der Waals surface area (Å²) in [6, 6.07) is 2.15. The van der Waals surface area contributed by atoms with Gasteiger partial charge in [0.2, 0.25) is 0 Å². The molecule has 0 aromatic carbocycles. The lowest BCUT2D eigenvalue weighted by molar-refractivity contribution is 0.0948. The van der Waals surface area contributed by atoms with Crippen molar-refractivity contribution < 1.29 is 4.79 Å². The summed E-state index contributed by atoms with van der Waals surface area (Å²) in [5.74, 6) is 0.787. The topological polar surface area (TPSA) is 29.1 Å². The van der Waals surface area contributed by atoms with Crippen LogP contribution in [0, 0.1) is 5.92 Å². The zero-order valence-electron chi connectivity index (χ0n) is 12.5. The van der Waals surface area contributed by atoms with Crippen molar-refractivity contribution in [1.82, 2.24) is 5.32 Å². The van der Waals surface area contributed by atoms with Gasteiger partial charge in [-0.25, -0.2) is 0 Å². The van der Waals surface area contributed by atoms with E-state index in [-0.39, 0.29) is 5.91 Å². The molecular formula is C17H24BrNOS. The van der Waals surface area contributed by atoms with Gasteiger partial charge in [-0.3, -0.25) is 4.79 Å². The summed E-state index contributed by atoms with van der Waals surface area (Å²) in [6.07, 6.45) is 11.2. The number of aryl methyl sites for hydroxylation is 2. The average molecular weight is 370 g/mol. The summed E-state index contributed by atoms with van der Waals surface area (Å²) in [5, 5.41) is 3.16. The molecule has 21 heavy (non-hydrogen) atoms. The van der Waals surface area contributed by atoms with Gasteiger partial charge in [0.15, 0.2) is 0 Å². The number of carbonyl (C=O) groups is 1. The SMILES string of the molecule is O=C(NCC1CCCC(Br)C1)c1cc2c(s1)CCCCC2. The number of nitrogens with one attached hydrogen (secondary N) is 1. The second-order valence-electron chi connectivity index (χ2n) is 6.46. The molecule has 1 amide bonds. The first-order valence-corrected chi connectivity index (χ1v) is 9.99. The maximum absolute atomic E-state index is 12.4. The molecule has 0 spiro atoms. The first kappa shape index (κ1) is 15.5. The van der Waals surface area contributed by atoms with E-state index >= 15 is 0 Å². The van der Waals surface area contributed by atoms with Gasteiger partial charge in [-0.15, -0.1) is 11.3 Å². The van der Waals surface area contributed by atoms with Crippen molar-refractivity contribution in [3.8, 4) is 0 Å². The zero-order chi connectivity index (χ0) is 14.7. The quantitative estimate of drug-likeness (QED) is 0.606. The highest BCUT2D eigenvalue weighted by molar-refractivity contribution is 9.09. The highest BCUT2D eigenvalue weighted by Gasteiger charge is 2.21. The molecule has 1 saturated carbocycles. The molecule has 0 saturated heterocycles. The fraction of sp³-hybridized carbons (Fsp3) is 0.706. The number of rotatable bonds is 3. The van der Waals surface area contributed by atoms with Crippen LogP contribution < -0.4 is 5.32 Å². The minimum absolute atomic E-state index is 0.143. The molecule has 1 aromatic rings. The molecule has 3 rings (SSSR count). The Hall–Kier alpha value is -0.350. The van der Waals surface area contributed by atoms with Gasteiger partial charge in [0.1, 0.15) is 0 Å². The van der Waals surface area contributed by atoms with Gasteiger partial charge < -0.3 is 5.32 Å². The van der Waals surface area contributed by atoms with E-state index in [4.69, 9.17) is 0 Å². The van der Waals surface area contributed by atoms with E-state index in [2.05, 4.69) is 27.3 Å².